The van der Waals surface area contributed by atoms with Crippen LogP contribution in [0.4, 0.5) is 0 Å². The Hall–Kier alpha value is -1.38. The fourth-order valence-corrected chi connectivity index (χ4v) is 4.14. The van der Waals surface area contributed by atoms with Gasteiger partial charge < -0.3 is 0 Å². The van der Waals surface area contributed by atoms with E-state index in [1.165, 1.54) is 0 Å². The summed E-state index contributed by atoms with van der Waals surface area (Å²) in [6.45, 7) is 1.95. The normalized spacial score (nSPS) is 11.3. The molecule has 4 nitrogen and oxygen atoms in total. The molecule has 0 saturated heterocycles. The number of para-hydroxylation sites is 1. The summed E-state index contributed by atoms with van der Waals surface area (Å²) in [5.41, 5.74) is 0.987. The summed E-state index contributed by atoms with van der Waals surface area (Å²) in [4.78, 5) is 0. The molecule has 3 aromatic carbocycles. The molecule has 23 heavy (non-hydrogen) atoms. The number of ether oxygens (including phenoxy) is 1. The van der Waals surface area contributed by atoms with Crippen molar-refractivity contribution in [3.05, 3.63) is 74.0 Å². The molecule has 0 aliphatic carbocycles. The van der Waals surface area contributed by atoms with E-state index in [0.29, 0.717) is 16.5 Å². The van der Waals surface area contributed by atoms with E-state index < -0.39 is 21.5 Å². The van der Waals surface area contributed by atoms with Gasteiger partial charge >= 0.3 is 150 Å². The Morgan fingerprint density at radius 2 is 1.70 bits per heavy atom. The van der Waals surface area contributed by atoms with Gasteiger partial charge in [-0.1, -0.05) is 0 Å². The summed E-state index contributed by atoms with van der Waals surface area (Å²) in [7, 11) is 0. The molecule has 1 N–H and O–H groups in total. The van der Waals surface area contributed by atoms with Crippen LogP contribution in [0.15, 0.2) is 54.6 Å². The van der Waals surface area contributed by atoms with Crippen molar-refractivity contribution in [2.45, 2.75) is 6.92 Å². The average molecular weight is 442 g/mol. The molecule has 0 aliphatic rings. The summed E-state index contributed by atoms with van der Waals surface area (Å²) < 4.78 is 6.71. The van der Waals surface area contributed by atoms with Gasteiger partial charge in [-0.05, 0) is 0 Å². The predicted molar refractivity (Wildman–Crippen MR) is 85.9 cm³/mol. The van der Waals surface area contributed by atoms with Crippen LogP contribution in [-0.2, 0) is 0 Å². The van der Waals surface area contributed by atoms with Gasteiger partial charge in [0.05, 0.1) is 0 Å². The van der Waals surface area contributed by atoms with Gasteiger partial charge in [-0.15, -0.1) is 0 Å². The van der Waals surface area contributed by atoms with Crippen molar-refractivity contribution in [2.24, 2.45) is 0 Å². The van der Waals surface area contributed by atoms with Crippen molar-refractivity contribution in [1.82, 2.24) is 3.44 Å². The molecule has 3 aromatic rings. The standard InChI is InChI=1S/C17H13ClINO3/c1-11-6-2-5-9-15(11)23-16-10-14(19-20(21)22)12-7-3-4-8-13(12)17(16)18/h2-10,21H,1H3/q-2. The second-order valence-electron chi connectivity index (χ2n) is 4.89. The number of hydrogen-bond acceptors (Lipinski definition) is 4. The monoisotopic (exact) mass is 441 g/mol. The van der Waals surface area contributed by atoms with Gasteiger partial charge in [-0.2, -0.15) is 0 Å². The molecule has 0 fully saturated rings. The third-order valence-electron chi connectivity index (χ3n) is 3.37. The Morgan fingerprint density at radius 3 is 2.39 bits per heavy atom. The molecule has 0 heterocycles. The van der Waals surface area contributed by atoms with E-state index >= 15 is 0 Å². The van der Waals surface area contributed by atoms with Gasteiger partial charge in [0.25, 0.3) is 0 Å². The topological polar surface area (TPSA) is 55.8 Å². The van der Waals surface area contributed by atoms with Crippen molar-refractivity contribution in [3.63, 3.8) is 0 Å². The van der Waals surface area contributed by atoms with Gasteiger partial charge in [-0.25, -0.2) is 0 Å². The first-order valence-electron chi connectivity index (χ1n) is 6.82. The molecule has 6 heteroatoms. The molecule has 0 bridgehead atoms. The number of halogens is 2. The van der Waals surface area contributed by atoms with Crippen molar-refractivity contribution in [2.75, 3.05) is 0 Å². The first-order valence-corrected chi connectivity index (χ1v) is 9.24. The number of nitrogens with zero attached hydrogens (tertiary/aromatic N) is 1. The Morgan fingerprint density at radius 1 is 1.04 bits per heavy atom. The van der Waals surface area contributed by atoms with Crippen LogP contribution in [0.25, 0.3) is 10.8 Å². The molecule has 0 amide bonds. The maximum atomic E-state index is 11.1. The molecule has 120 valence electrons. The predicted octanol–water partition coefficient (Wildman–Crippen LogP) is 1.96. The third kappa shape index (κ3) is 3.59. The zero-order valence-electron chi connectivity index (χ0n) is 12.2. The molecule has 0 aliphatic heterocycles. The van der Waals surface area contributed by atoms with E-state index in [1.54, 1.807) is 6.07 Å². The van der Waals surface area contributed by atoms with Crippen molar-refractivity contribution < 1.29 is 31.4 Å². The van der Waals surface area contributed by atoms with Gasteiger partial charge in [0.15, 0.2) is 0 Å². The fourth-order valence-electron chi connectivity index (χ4n) is 2.28. The molecule has 0 aromatic heterocycles. The molecule has 3 rings (SSSR count). The van der Waals surface area contributed by atoms with Gasteiger partial charge in [0.2, 0.25) is 0 Å². The number of fused-ring (bicyclic) bond motifs is 1. The van der Waals surface area contributed by atoms with Crippen LogP contribution in [0.1, 0.15) is 5.56 Å². The Labute approximate surface area is 149 Å². The SMILES string of the molecule is Cc1ccccc1Oc1cc([I-]N([O-])O)c2ccccc2c1Cl. The number of rotatable bonds is 4. The van der Waals surface area contributed by atoms with Crippen LogP contribution in [0.3, 0.4) is 0 Å². The van der Waals surface area contributed by atoms with Crippen LogP contribution >= 0.6 is 11.6 Å². The van der Waals surface area contributed by atoms with Crippen molar-refractivity contribution in [3.8, 4) is 11.5 Å². The second kappa shape index (κ2) is 7.02. The number of hydrogen-bond donors (Lipinski definition) is 1. The van der Waals surface area contributed by atoms with Gasteiger partial charge in [0.1, 0.15) is 0 Å². The van der Waals surface area contributed by atoms with E-state index in [2.05, 4.69) is 0 Å². The minimum atomic E-state index is -1.25. The van der Waals surface area contributed by atoms with Crippen LogP contribution in [-0.4, -0.2) is 8.65 Å². The van der Waals surface area contributed by atoms with Crippen LogP contribution in [0.2, 0.25) is 5.02 Å². The van der Waals surface area contributed by atoms with Gasteiger partial charge in [-0.3, -0.25) is 0 Å². The number of benzene rings is 3. The average Bonchev–Trinajstić information content (AvgIpc) is 2.53. The third-order valence-corrected chi connectivity index (χ3v) is 5.59. The molecule has 0 radical (unpaired) electrons. The number of aryl methyl sites for hydroxylation is 1. The van der Waals surface area contributed by atoms with E-state index in [1.807, 2.05) is 55.5 Å². The zero-order chi connectivity index (χ0) is 16.4. The maximum absolute atomic E-state index is 11.1. The Bertz CT molecular complexity index is 854. The molecular formula is C17H13ClINO3-2. The Balaban J connectivity index is 2.13. The summed E-state index contributed by atoms with van der Waals surface area (Å²) >= 11 is 5.23. The molecule has 0 unspecified atom stereocenters. The van der Waals surface area contributed by atoms with Crippen LogP contribution in [0, 0.1) is 15.7 Å². The van der Waals surface area contributed by atoms with Gasteiger partial charge in [0, 0.05) is 0 Å². The fraction of sp³-hybridized carbons (Fsp3) is 0.0588. The molecule has 0 atom stereocenters. The zero-order valence-corrected chi connectivity index (χ0v) is 15.1. The van der Waals surface area contributed by atoms with E-state index in [9.17, 15) is 5.21 Å². The quantitative estimate of drug-likeness (QED) is 0.382. The minimum absolute atomic E-state index is 0.00606. The van der Waals surface area contributed by atoms with E-state index in [0.717, 1.165) is 19.9 Å². The first-order chi connectivity index (χ1) is 11.1. The molecular weight excluding hydrogens is 429 g/mol. The van der Waals surface area contributed by atoms with Crippen molar-refractivity contribution >= 4 is 22.4 Å². The Kier molecular flexibility index (Phi) is 5.03. The van der Waals surface area contributed by atoms with E-state index in [4.69, 9.17) is 21.5 Å². The molecule has 0 saturated carbocycles. The summed E-state index contributed by atoms with van der Waals surface area (Å²) in [5, 5.41) is 22.4. The first kappa shape index (κ1) is 16.5. The van der Waals surface area contributed by atoms with Crippen LogP contribution in [0.5, 0.6) is 11.5 Å². The summed E-state index contributed by atoms with van der Waals surface area (Å²) in [5.74, 6) is 1.19. The van der Waals surface area contributed by atoms with Crippen LogP contribution < -0.4 is 26.2 Å². The summed E-state index contributed by atoms with van der Waals surface area (Å²) in [6.07, 6.45) is 0. The van der Waals surface area contributed by atoms with E-state index in [-0.39, 0.29) is 3.44 Å². The molecule has 0 spiro atoms. The second-order valence-corrected chi connectivity index (χ2v) is 7.74. The van der Waals surface area contributed by atoms with Crippen molar-refractivity contribution in [1.29, 1.82) is 0 Å². The summed E-state index contributed by atoms with van der Waals surface area (Å²) in [6, 6.07) is 16.9.